The van der Waals surface area contributed by atoms with E-state index < -0.39 is 10.0 Å². The van der Waals surface area contributed by atoms with E-state index in [0.717, 1.165) is 17.2 Å². The van der Waals surface area contributed by atoms with Crippen LogP contribution in [0.5, 0.6) is 0 Å². The van der Waals surface area contributed by atoms with Crippen molar-refractivity contribution in [2.24, 2.45) is 11.1 Å². The number of carbonyl (C=O) groups excluding carboxylic acids is 1. The molecule has 2 saturated carbocycles. The van der Waals surface area contributed by atoms with Gasteiger partial charge in [-0.3, -0.25) is 9.69 Å². The van der Waals surface area contributed by atoms with E-state index in [1.54, 1.807) is 12.1 Å². The second-order valence-electron chi connectivity index (χ2n) is 8.45. The molecule has 0 unspecified atom stereocenters. The highest BCUT2D eigenvalue weighted by Crippen LogP contribution is 2.36. The molecule has 0 atom stereocenters. The minimum atomic E-state index is -3.71. The number of anilines is 1. The van der Waals surface area contributed by atoms with Gasteiger partial charge >= 0.3 is 0 Å². The molecule has 4 rings (SSSR count). The normalized spacial score (nSPS) is 25.7. The number of hydrogen-bond donors (Lipinski definition) is 1. The lowest BCUT2D eigenvalue weighted by molar-refractivity contribution is -0.120. The van der Waals surface area contributed by atoms with Crippen LogP contribution in [0.25, 0.3) is 0 Å². The Hall–Kier alpha value is -1.44. The molecule has 27 heavy (non-hydrogen) atoms. The lowest BCUT2D eigenvalue weighted by atomic mass is 9.86. The molecule has 7 heteroatoms. The molecule has 1 aromatic rings. The maximum absolute atomic E-state index is 13.1. The zero-order valence-corrected chi connectivity index (χ0v) is 16.7. The first-order valence-corrected chi connectivity index (χ1v) is 11.6. The smallest absolute Gasteiger partial charge is 0.241 e. The topological polar surface area (TPSA) is 83.7 Å². The van der Waals surface area contributed by atoms with Gasteiger partial charge in [-0.15, -0.1) is 0 Å². The van der Waals surface area contributed by atoms with Crippen molar-refractivity contribution in [2.75, 3.05) is 18.0 Å². The second-order valence-corrected chi connectivity index (χ2v) is 10.0. The summed E-state index contributed by atoms with van der Waals surface area (Å²) >= 11 is 0. The monoisotopic (exact) mass is 391 g/mol. The van der Waals surface area contributed by atoms with Gasteiger partial charge in [0.2, 0.25) is 15.9 Å². The summed E-state index contributed by atoms with van der Waals surface area (Å²) in [5, 5.41) is 5.23. The SMILES string of the molecule is CC1CCC(N(CC(=O)N2CCc3cc(S(N)(=O)=O)ccc32)C2CC2)CC1. The van der Waals surface area contributed by atoms with E-state index in [2.05, 4.69) is 11.8 Å². The standard InChI is InChI=1S/C20H29N3O3S/c1-14-2-4-16(5-3-14)23(17-6-7-17)13-20(24)22-11-10-15-12-18(27(21,25)26)8-9-19(15)22/h8-9,12,14,16-17H,2-7,10-11,13H2,1H3,(H2,21,25,26). The number of amides is 1. The fourth-order valence-electron chi connectivity index (χ4n) is 4.59. The van der Waals surface area contributed by atoms with E-state index in [4.69, 9.17) is 5.14 Å². The van der Waals surface area contributed by atoms with Gasteiger partial charge in [0.25, 0.3) is 0 Å². The molecule has 2 N–H and O–H groups in total. The minimum absolute atomic E-state index is 0.117. The Morgan fingerprint density at radius 2 is 1.78 bits per heavy atom. The van der Waals surface area contributed by atoms with Gasteiger partial charge in [0.15, 0.2) is 0 Å². The Bertz CT molecular complexity index is 827. The maximum Gasteiger partial charge on any atom is 0.241 e. The Labute approximate surface area is 161 Å². The van der Waals surface area contributed by atoms with Gasteiger partial charge in [0.05, 0.1) is 11.4 Å². The van der Waals surface area contributed by atoms with Crippen molar-refractivity contribution in [3.05, 3.63) is 23.8 Å². The number of carbonyl (C=O) groups is 1. The Morgan fingerprint density at radius 1 is 1.15 bits per heavy atom. The van der Waals surface area contributed by atoms with Crippen LogP contribution in [0, 0.1) is 5.92 Å². The molecule has 2 aliphatic carbocycles. The van der Waals surface area contributed by atoms with Gasteiger partial charge in [-0.2, -0.15) is 0 Å². The molecule has 3 aliphatic rings. The average Bonchev–Trinajstić information content (AvgIpc) is 3.37. The maximum atomic E-state index is 13.1. The van der Waals surface area contributed by atoms with Crippen LogP contribution in [0.2, 0.25) is 0 Å². The van der Waals surface area contributed by atoms with E-state index in [1.807, 2.05) is 4.90 Å². The highest BCUT2D eigenvalue weighted by atomic mass is 32.2. The van der Waals surface area contributed by atoms with Crippen molar-refractivity contribution in [3.8, 4) is 0 Å². The number of sulfonamides is 1. The summed E-state index contributed by atoms with van der Waals surface area (Å²) < 4.78 is 23.1. The third kappa shape index (κ3) is 4.05. The van der Waals surface area contributed by atoms with Crippen LogP contribution in [-0.2, 0) is 21.2 Å². The third-order valence-corrected chi connectivity index (χ3v) is 7.28. The van der Waals surface area contributed by atoms with Crippen molar-refractivity contribution in [3.63, 3.8) is 0 Å². The first-order chi connectivity index (χ1) is 12.8. The third-order valence-electron chi connectivity index (χ3n) is 6.36. The number of fused-ring (bicyclic) bond motifs is 1. The summed E-state index contributed by atoms with van der Waals surface area (Å²) in [6.07, 6.45) is 7.98. The predicted octanol–water partition coefficient (Wildman–Crippen LogP) is 2.27. The summed E-state index contributed by atoms with van der Waals surface area (Å²) in [4.78, 5) is 17.5. The van der Waals surface area contributed by atoms with Gasteiger partial charge in [0.1, 0.15) is 0 Å². The molecule has 0 bridgehead atoms. The zero-order chi connectivity index (χ0) is 19.2. The van der Waals surface area contributed by atoms with E-state index in [-0.39, 0.29) is 10.8 Å². The van der Waals surface area contributed by atoms with E-state index >= 15 is 0 Å². The van der Waals surface area contributed by atoms with Crippen LogP contribution in [0.1, 0.15) is 51.0 Å². The molecule has 6 nitrogen and oxygen atoms in total. The van der Waals surface area contributed by atoms with Gasteiger partial charge in [0, 0.05) is 24.3 Å². The molecule has 2 fully saturated rings. The van der Waals surface area contributed by atoms with E-state index in [1.165, 1.54) is 44.6 Å². The van der Waals surface area contributed by atoms with Gasteiger partial charge in [-0.1, -0.05) is 6.92 Å². The molecule has 1 aromatic carbocycles. The second kappa shape index (κ2) is 7.18. The summed E-state index contributed by atoms with van der Waals surface area (Å²) in [5.74, 6) is 0.930. The molecule has 1 amide bonds. The Balaban J connectivity index is 1.47. The highest BCUT2D eigenvalue weighted by Gasteiger charge is 2.38. The molecule has 1 heterocycles. The molecule has 0 aromatic heterocycles. The summed E-state index contributed by atoms with van der Waals surface area (Å²) in [5.41, 5.74) is 1.72. The fourth-order valence-corrected chi connectivity index (χ4v) is 5.16. The van der Waals surface area contributed by atoms with Crippen molar-refractivity contribution >= 4 is 21.6 Å². The van der Waals surface area contributed by atoms with E-state index in [0.29, 0.717) is 31.6 Å². The summed E-state index contributed by atoms with van der Waals surface area (Å²) in [6.45, 7) is 3.41. The van der Waals surface area contributed by atoms with Crippen molar-refractivity contribution in [1.29, 1.82) is 0 Å². The fraction of sp³-hybridized carbons (Fsp3) is 0.650. The Kier molecular flexibility index (Phi) is 5.03. The van der Waals surface area contributed by atoms with Crippen LogP contribution in [0.3, 0.4) is 0 Å². The van der Waals surface area contributed by atoms with Crippen molar-refractivity contribution < 1.29 is 13.2 Å². The molecule has 0 saturated heterocycles. The summed E-state index contributed by atoms with van der Waals surface area (Å²) in [6, 6.07) is 5.94. The van der Waals surface area contributed by atoms with Gasteiger partial charge in [-0.25, -0.2) is 13.6 Å². The number of rotatable bonds is 5. The average molecular weight is 392 g/mol. The van der Waals surface area contributed by atoms with Gasteiger partial charge < -0.3 is 4.90 Å². The zero-order valence-electron chi connectivity index (χ0n) is 15.9. The van der Waals surface area contributed by atoms with Crippen LogP contribution in [-0.4, -0.2) is 44.4 Å². The van der Waals surface area contributed by atoms with Crippen molar-refractivity contribution in [1.82, 2.24) is 4.90 Å². The van der Waals surface area contributed by atoms with Crippen molar-refractivity contribution in [2.45, 2.75) is 68.8 Å². The first-order valence-electron chi connectivity index (χ1n) is 10.0. The first kappa shape index (κ1) is 18.9. The van der Waals surface area contributed by atoms with Gasteiger partial charge in [-0.05, 0) is 74.6 Å². The molecular weight excluding hydrogens is 362 g/mol. The minimum Gasteiger partial charge on any atom is -0.311 e. The quantitative estimate of drug-likeness (QED) is 0.834. The number of benzene rings is 1. The highest BCUT2D eigenvalue weighted by molar-refractivity contribution is 7.89. The number of nitrogens with zero attached hydrogens (tertiary/aromatic N) is 2. The molecule has 148 valence electrons. The molecule has 0 radical (unpaired) electrons. The largest absolute Gasteiger partial charge is 0.311 e. The molecule has 1 aliphatic heterocycles. The predicted molar refractivity (Wildman–Crippen MR) is 105 cm³/mol. The number of hydrogen-bond acceptors (Lipinski definition) is 4. The number of primary sulfonamides is 1. The molecule has 0 spiro atoms. The lowest BCUT2D eigenvalue weighted by Gasteiger charge is -2.36. The van der Waals surface area contributed by atoms with Crippen LogP contribution in [0.4, 0.5) is 5.69 Å². The molecular formula is C20H29N3O3S. The number of nitrogens with two attached hydrogens (primary N) is 1. The van der Waals surface area contributed by atoms with Crippen LogP contribution < -0.4 is 10.0 Å². The van der Waals surface area contributed by atoms with Crippen LogP contribution in [0.15, 0.2) is 23.1 Å². The summed E-state index contributed by atoms with van der Waals surface area (Å²) in [7, 11) is -3.71. The van der Waals surface area contributed by atoms with E-state index in [9.17, 15) is 13.2 Å². The lowest BCUT2D eigenvalue weighted by Crippen LogP contribution is -2.46. The van der Waals surface area contributed by atoms with Crippen LogP contribution >= 0.6 is 0 Å². The Morgan fingerprint density at radius 3 is 2.37 bits per heavy atom.